The number of nitrogens with zero attached hydrogens (tertiary/aromatic N) is 1. The minimum atomic E-state index is 0.498. The number of hydrogen-bond acceptors (Lipinski definition) is 2. The van der Waals surface area contributed by atoms with Crippen molar-refractivity contribution in [1.82, 2.24) is 10.2 Å². The predicted molar refractivity (Wildman–Crippen MR) is 88.5 cm³/mol. The van der Waals surface area contributed by atoms with Crippen molar-refractivity contribution >= 4 is 0 Å². The molecule has 1 unspecified atom stereocenters. The van der Waals surface area contributed by atoms with E-state index < -0.39 is 0 Å². The van der Waals surface area contributed by atoms with Gasteiger partial charge in [0.2, 0.25) is 0 Å². The van der Waals surface area contributed by atoms with E-state index in [0.29, 0.717) is 5.54 Å². The fraction of sp³-hybridized carbons (Fsp3) is 1.00. The number of nitrogens with one attached hydrogen (secondary N) is 1. The average molecular weight is 290 g/mol. The van der Waals surface area contributed by atoms with Crippen molar-refractivity contribution in [1.29, 1.82) is 0 Å². The zero-order valence-corrected chi connectivity index (χ0v) is 13.8. The summed E-state index contributed by atoms with van der Waals surface area (Å²) >= 11 is 0. The quantitative estimate of drug-likeness (QED) is 0.846. The van der Waals surface area contributed by atoms with Crippen molar-refractivity contribution in [3.05, 3.63) is 0 Å². The Labute approximate surface area is 131 Å². The van der Waals surface area contributed by atoms with Crippen LogP contribution in [-0.2, 0) is 0 Å². The van der Waals surface area contributed by atoms with Crippen molar-refractivity contribution in [3.63, 3.8) is 0 Å². The molecule has 120 valence electrons. The first kappa shape index (κ1) is 14.5. The largest absolute Gasteiger partial charge is 0.308 e. The van der Waals surface area contributed by atoms with E-state index in [2.05, 4.69) is 10.2 Å². The number of rotatable bonds is 3. The molecule has 0 amide bonds. The van der Waals surface area contributed by atoms with Crippen LogP contribution in [0.25, 0.3) is 0 Å². The third-order valence-electron chi connectivity index (χ3n) is 6.86. The maximum Gasteiger partial charge on any atom is 0.0309 e. The fourth-order valence-electron chi connectivity index (χ4n) is 5.39. The van der Waals surface area contributed by atoms with Gasteiger partial charge in [-0.15, -0.1) is 0 Å². The van der Waals surface area contributed by atoms with Crippen molar-refractivity contribution in [3.8, 4) is 0 Å². The molecule has 3 aliphatic carbocycles. The predicted octanol–water partition coefficient (Wildman–Crippen LogP) is 3.95. The molecule has 21 heavy (non-hydrogen) atoms. The monoisotopic (exact) mass is 290 g/mol. The van der Waals surface area contributed by atoms with Crippen LogP contribution in [0.3, 0.4) is 0 Å². The maximum atomic E-state index is 4.06. The first-order chi connectivity index (χ1) is 10.3. The Balaban J connectivity index is 1.45. The molecule has 2 heteroatoms. The van der Waals surface area contributed by atoms with Crippen LogP contribution in [0.1, 0.15) is 77.0 Å². The Morgan fingerprint density at radius 1 is 0.857 bits per heavy atom. The third-order valence-corrected chi connectivity index (χ3v) is 6.86. The molecule has 0 aromatic carbocycles. The SMILES string of the molecule is C1CCC(C2CNC3(CCCCC3)CN2CC2CC2)CC1. The summed E-state index contributed by atoms with van der Waals surface area (Å²) in [5, 5.41) is 4.06. The van der Waals surface area contributed by atoms with Crippen LogP contribution in [-0.4, -0.2) is 36.1 Å². The molecule has 3 saturated carbocycles. The van der Waals surface area contributed by atoms with E-state index in [1.54, 1.807) is 0 Å². The molecule has 0 radical (unpaired) electrons. The first-order valence-electron chi connectivity index (χ1n) is 9.84. The van der Waals surface area contributed by atoms with Gasteiger partial charge in [0.25, 0.3) is 0 Å². The van der Waals surface area contributed by atoms with Gasteiger partial charge in [-0.25, -0.2) is 0 Å². The summed E-state index contributed by atoms with van der Waals surface area (Å²) in [5.41, 5.74) is 0.498. The summed E-state index contributed by atoms with van der Waals surface area (Å²) in [5.74, 6) is 2.04. The Kier molecular flexibility index (Phi) is 4.28. The van der Waals surface area contributed by atoms with Gasteiger partial charge in [0.05, 0.1) is 0 Å². The van der Waals surface area contributed by atoms with E-state index in [1.807, 2.05) is 0 Å². The number of hydrogen-bond donors (Lipinski definition) is 1. The van der Waals surface area contributed by atoms with E-state index >= 15 is 0 Å². The zero-order chi connectivity index (χ0) is 14.1. The lowest BCUT2D eigenvalue weighted by Gasteiger charge is -2.52. The second kappa shape index (κ2) is 6.20. The molecule has 1 N–H and O–H groups in total. The van der Waals surface area contributed by atoms with Crippen LogP contribution in [0.5, 0.6) is 0 Å². The van der Waals surface area contributed by atoms with Gasteiger partial charge in [0, 0.05) is 31.2 Å². The second-order valence-corrected chi connectivity index (χ2v) is 8.56. The highest BCUT2D eigenvalue weighted by Gasteiger charge is 2.43. The lowest BCUT2D eigenvalue weighted by Crippen LogP contribution is -2.66. The maximum absolute atomic E-state index is 4.06. The molecular weight excluding hydrogens is 256 g/mol. The molecule has 1 spiro atoms. The van der Waals surface area contributed by atoms with Crippen LogP contribution in [0.4, 0.5) is 0 Å². The van der Waals surface area contributed by atoms with Crippen LogP contribution in [0.2, 0.25) is 0 Å². The minimum absolute atomic E-state index is 0.498. The molecule has 0 aromatic rings. The standard InChI is InChI=1S/C19H34N2/c1-3-7-17(8-4-1)18-13-20-19(11-5-2-6-12-19)15-21(18)14-16-9-10-16/h16-18,20H,1-15H2. The Hall–Kier alpha value is -0.0800. The van der Waals surface area contributed by atoms with Gasteiger partial charge in [-0.2, -0.15) is 0 Å². The van der Waals surface area contributed by atoms with Crippen molar-refractivity contribution in [2.75, 3.05) is 19.6 Å². The number of piperazine rings is 1. The molecule has 4 fully saturated rings. The molecule has 1 aliphatic heterocycles. The summed E-state index contributed by atoms with van der Waals surface area (Å²) in [7, 11) is 0. The van der Waals surface area contributed by atoms with Gasteiger partial charge in [0.1, 0.15) is 0 Å². The van der Waals surface area contributed by atoms with Crippen molar-refractivity contribution in [2.45, 2.75) is 88.6 Å². The molecule has 0 aromatic heterocycles. The zero-order valence-electron chi connectivity index (χ0n) is 13.8. The molecule has 1 saturated heterocycles. The minimum Gasteiger partial charge on any atom is -0.308 e. The highest BCUT2D eigenvalue weighted by molar-refractivity contribution is 5.02. The van der Waals surface area contributed by atoms with Gasteiger partial charge < -0.3 is 5.32 Å². The van der Waals surface area contributed by atoms with Crippen LogP contribution in [0, 0.1) is 11.8 Å². The van der Waals surface area contributed by atoms with Gasteiger partial charge >= 0.3 is 0 Å². The molecule has 4 aliphatic rings. The molecule has 4 rings (SSSR count). The van der Waals surface area contributed by atoms with Gasteiger partial charge in [-0.3, -0.25) is 4.90 Å². The highest BCUT2D eigenvalue weighted by Crippen LogP contribution is 2.39. The van der Waals surface area contributed by atoms with Gasteiger partial charge in [0.15, 0.2) is 0 Å². The van der Waals surface area contributed by atoms with Crippen LogP contribution in [0.15, 0.2) is 0 Å². The van der Waals surface area contributed by atoms with Crippen molar-refractivity contribution < 1.29 is 0 Å². The Bertz CT molecular complexity index is 337. The summed E-state index contributed by atoms with van der Waals surface area (Å²) in [4.78, 5) is 2.97. The third kappa shape index (κ3) is 3.32. The van der Waals surface area contributed by atoms with E-state index in [4.69, 9.17) is 0 Å². The topological polar surface area (TPSA) is 15.3 Å². The molecule has 2 nitrogen and oxygen atoms in total. The summed E-state index contributed by atoms with van der Waals surface area (Å²) in [6, 6.07) is 0.860. The summed E-state index contributed by atoms with van der Waals surface area (Å²) in [6.07, 6.45) is 17.7. The summed E-state index contributed by atoms with van der Waals surface area (Å²) in [6.45, 7) is 4.08. The Morgan fingerprint density at radius 3 is 2.29 bits per heavy atom. The van der Waals surface area contributed by atoms with Gasteiger partial charge in [-0.1, -0.05) is 38.5 Å². The molecule has 1 heterocycles. The normalized spacial score (nSPS) is 35.1. The highest BCUT2D eigenvalue weighted by atomic mass is 15.3. The van der Waals surface area contributed by atoms with E-state index in [-0.39, 0.29) is 0 Å². The molecular formula is C19H34N2. The summed E-state index contributed by atoms with van der Waals surface area (Å²) < 4.78 is 0. The molecule has 1 atom stereocenters. The van der Waals surface area contributed by atoms with Crippen LogP contribution >= 0.6 is 0 Å². The fourth-order valence-corrected chi connectivity index (χ4v) is 5.39. The van der Waals surface area contributed by atoms with Crippen molar-refractivity contribution in [2.24, 2.45) is 11.8 Å². The Morgan fingerprint density at radius 2 is 1.57 bits per heavy atom. The van der Waals surface area contributed by atoms with E-state index in [9.17, 15) is 0 Å². The smallest absolute Gasteiger partial charge is 0.0309 e. The van der Waals surface area contributed by atoms with Crippen LogP contribution < -0.4 is 5.32 Å². The van der Waals surface area contributed by atoms with Gasteiger partial charge in [-0.05, 0) is 50.4 Å². The molecule has 0 bridgehead atoms. The average Bonchev–Trinajstić information content (AvgIpc) is 3.33. The second-order valence-electron chi connectivity index (χ2n) is 8.56. The van der Waals surface area contributed by atoms with E-state index in [0.717, 1.165) is 17.9 Å². The first-order valence-corrected chi connectivity index (χ1v) is 9.84. The lowest BCUT2D eigenvalue weighted by molar-refractivity contribution is 0.0181. The lowest BCUT2D eigenvalue weighted by atomic mass is 9.76. The van der Waals surface area contributed by atoms with E-state index in [1.165, 1.54) is 96.7 Å².